The molecule has 4 N–H and O–H groups in total. The van der Waals surface area contributed by atoms with Gasteiger partial charge in [0.25, 0.3) is 0 Å². The van der Waals surface area contributed by atoms with Crippen molar-refractivity contribution in [3.63, 3.8) is 0 Å². The van der Waals surface area contributed by atoms with Gasteiger partial charge >= 0.3 is 0 Å². The summed E-state index contributed by atoms with van der Waals surface area (Å²) in [5, 5.41) is 12.8. The molecular formula is C23H23FN8. The van der Waals surface area contributed by atoms with Gasteiger partial charge in [-0.3, -0.25) is 9.98 Å². The molecule has 0 aliphatic heterocycles. The van der Waals surface area contributed by atoms with Crippen LogP contribution in [0.3, 0.4) is 0 Å². The summed E-state index contributed by atoms with van der Waals surface area (Å²) in [5.74, 6) is 4.76. The number of pyridine rings is 1. The standard InChI is InChI=1S/C23H23FN8/c1-23(2,3)20-9-5-7-15(29-20)12-28-13-19(32-27)18-10-17(30-22(26)31-18)16-8-4-6-14(11-25)21(16)24/h4-10,13H,12,27H2,1-3H3,(H2,26,30,31)/b28-13?,32-19+. The lowest BCUT2D eigenvalue weighted by Gasteiger charge is -2.17. The number of hydrogen-bond donors (Lipinski definition) is 2. The van der Waals surface area contributed by atoms with E-state index in [1.54, 1.807) is 12.1 Å². The number of hydrazone groups is 1. The summed E-state index contributed by atoms with van der Waals surface area (Å²) >= 11 is 0. The molecule has 0 unspecified atom stereocenters. The number of nitriles is 1. The summed E-state index contributed by atoms with van der Waals surface area (Å²) in [6.45, 7) is 6.59. The van der Waals surface area contributed by atoms with Crippen molar-refractivity contribution in [3.05, 3.63) is 70.9 Å². The second-order valence-corrected chi connectivity index (χ2v) is 8.02. The first-order valence-electron chi connectivity index (χ1n) is 9.81. The zero-order valence-corrected chi connectivity index (χ0v) is 18.0. The van der Waals surface area contributed by atoms with Gasteiger partial charge < -0.3 is 11.6 Å². The number of aliphatic imine (C=N–C) groups is 1. The smallest absolute Gasteiger partial charge is 0.221 e. The van der Waals surface area contributed by atoms with Crippen LogP contribution in [0.5, 0.6) is 0 Å². The number of benzene rings is 1. The number of aromatic nitrogens is 3. The van der Waals surface area contributed by atoms with Crippen molar-refractivity contribution >= 4 is 17.9 Å². The molecule has 0 radical (unpaired) electrons. The first kappa shape index (κ1) is 22.5. The number of nitrogens with two attached hydrogens (primary N) is 2. The third-order valence-electron chi connectivity index (χ3n) is 4.58. The lowest BCUT2D eigenvalue weighted by Crippen LogP contribution is -2.14. The van der Waals surface area contributed by atoms with Crippen molar-refractivity contribution in [2.45, 2.75) is 32.7 Å². The highest BCUT2D eigenvalue weighted by Crippen LogP contribution is 2.24. The SMILES string of the molecule is CC(C)(C)c1cccc(CN=C/C(=N\N)c2cc(-c3cccc(C#N)c3F)nc(N)n2)n1. The molecular weight excluding hydrogens is 407 g/mol. The van der Waals surface area contributed by atoms with Crippen molar-refractivity contribution in [3.8, 4) is 17.3 Å². The van der Waals surface area contributed by atoms with E-state index in [9.17, 15) is 4.39 Å². The zero-order chi connectivity index (χ0) is 23.3. The van der Waals surface area contributed by atoms with E-state index >= 15 is 0 Å². The predicted molar refractivity (Wildman–Crippen MR) is 122 cm³/mol. The summed E-state index contributed by atoms with van der Waals surface area (Å²) in [6, 6.07) is 13.6. The normalized spacial score (nSPS) is 12.2. The Hall–Kier alpha value is -4.19. The van der Waals surface area contributed by atoms with Crippen LogP contribution in [0.25, 0.3) is 11.3 Å². The molecule has 1 aromatic carbocycles. The second kappa shape index (κ2) is 9.31. The van der Waals surface area contributed by atoms with Gasteiger partial charge in [0.05, 0.1) is 35.4 Å². The average molecular weight is 430 g/mol. The van der Waals surface area contributed by atoms with E-state index in [4.69, 9.17) is 16.8 Å². The summed E-state index contributed by atoms with van der Waals surface area (Å²) in [6.07, 6.45) is 1.46. The van der Waals surface area contributed by atoms with Crippen LogP contribution in [0.15, 0.2) is 52.6 Å². The van der Waals surface area contributed by atoms with Gasteiger partial charge in [-0.15, -0.1) is 0 Å². The molecule has 2 aromatic heterocycles. The fourth-order valence-corrected chi connectivity index (χ4v) is 2.93. The molecule has 0 aliphatic rings. The summed E-state index contributed by atoms with van der Waals surface area (Å²) in [7, 11) is 0. The van der Waals surface area contributed by atoms with E-state index < -0.39 is 5.82 Å². The van der Waals surface area contributed by atoms with Gasteiger partial charge in [-0.05, 0) is 30.3 Å². The quantitative estimate of drug-likeness (QED) is 0.361. The van der Waals surface area contributed by atoms with Gasteiger partial charge in [0.1, 0.15) is 17.6 Å². The minimum absolute atomic E-state index is 0.0728. The number of nitrogen functional groups attached to an aromatic ring is 1. The first-order valence-corrected chi connectivity index (χ1v) is 9.81. The number of rotatable bonds is 5. The van der Waals surface area contributed by atoms with E-state index in [0.29, 0.717) is 6.54 Å². The van der Waals surface area contributed by atoms with E-state index in [-0.39, 0.29) is 39.6 Å². The van der Waals surface area contributed by atoms with Crippen molar-refractivity contribution in [2.24, 2.45) is 15.9 Å². The summed E-state index contributed by atoms with van der Waals surface area (Å²) < 4.78 is 14.6. The first-order chi connectivity index (χ1) is 15.2. The van der Waals surface area contributed by atoms with E-state index in [2.05, 4.69) is 45.8 Å². The lowest BCUT2D eigenvalue weighted by molar-refractivity contribution is 0.565. The molecule has 0 aliphatic carbocycles. The molecule has 3 rings (SSSR count). The van der Waals surface area contributed by atoms with E-state index in [0.717, 1.165) is 11.4 Å². The van der Waals surface area contributed by atoms with Gasteiger partial charge in [-0.1, -0.05) is 32.9 Å². The fraction of sp³-hybridized carbons (Fsp3) is 0.217. The van der Waals surface area contributed by atoms with Crippen LogP contribution >= 0.6 is 0 Å². The van der Waals surface area contributed by atoms with Crippen LogP contribution in [-0.2, 0) is 12.0 Å². The van der Waals surface area contributed by atoms with Crippen molar-refractivity contribution in [1.29, 1.82) is 5.26 Å². The van der Waals surface area contributed by atoms with Gasteiger partial charge in [-0.25, -0.2) is 14.4 Å². The molecule has 0 amide bonds. The van der Waals surface area contributed by atoms with Crippen LogP contribution in [0.4, 0.5) is 10.3 Å². The van der Waals surface area contributed by atoms with Gasteiger partial charge in [0, 0.05) is 16.7 Å². The second-order valence-electron chi connectivity index (χ2n) is 8.02. The van der Waals surface area contributed by atoms with Gasteiger partial charge in [0.15, 0.2) is 0 Å². The molecule has 0 saturated heterocycles. The predicted octanol–water partition coefficient (Wildman–Crippen LogP) is 3.36. The third kappa shape index (κ3) is 5.10. The van der Waals surface area contributed by atoms with Crippen LogP contribution in [-0.4, -0.2) is 26.9 Å². The molecule has 2 heterocycles. The topological polar surface area (TPSA) is 139 Å². The number of hydrogen-bond acceptors (Lipinski definition) is 8. The van der Waals surface area contributed by atoms with E-state index in [1.165, 1.54) is 24.4 Å². The Bertz CT molecular complexity index is 1240. The molecule has 0 bridgehead atoms. The Morgan fingerprint density at radius 2 is 1.91 bits per heavy atom. The van der Waals surface area contributed by atoms with Crippen molar-refractivity contribution < 1.29 is 4.39 Å². The molecule has 0 spiro atoms. The highest BCUT2D eigenvalue weighted by atomic mass is 19.1. The minimum Gasteiger partial charge on any atom is -0.368 e. The highest BCUT2D eigenvalue weighted by molar-refractivity contribution is 6.37. The van der Waals surface area contributed by atoms with Crippen LogP contribution in [0.2, 0.25) is 0 Å². The molecule has 9 heteroatoms. The lowest BCUT2D eigenvalue weighted by atomic mass is 9.91. The highest BCUT2D eigenvalue weighted by Gasteiger charge is 2.16. The number of halogens is 1. The fourth-order valence-electron chi connectivity index (χ4n) is 2.93. The summed E-state index contributed by atoms with van der Waals surface area (Å²) in [5.41, 5.74) is 8.26. The number of anilines is 1. The third-order valence-corrected chi connectivity index (χ3v) is 4.58. The monoisotopic (exact) mass is 430 g/mol. The minimum atomic E-state index is -0.691. The maximum absolute atomic E-state index is 14.6. The Labute approximate surface area is 185 Å². The van der Waals surface area contributed by atoms with E-state index in [1.807, 2.05) is 18.2 Å². The van der Waals surface area contributed by atoms with Crippen molar-refractivity contribution in [2.75, 3.05) is 5.73 Å². The van der Waals surface area contributed by atoms with Crippen LogP contribution in [0, 0.1) is 17.1 Å². The Balaban J connectivity index is 1.88. The molecule has 0 atom stereocenters. The zero-order valence-electron chi connectivity index (χ0n) is 18.0. The molecule has 162 valence electrons. The van der Waals surface area contributed by atoms with Crippen LogP contribution in [0.1, 0.15) is 43.4 Å². The number of nitrogens with zero attached hydrogens (tertiary/aromatic N) is 6. The average Bonchev–Trinajstić information content (AvgIpc) is 2.76. The maximum atomic E-state index is 14.6. The molecule has 3 aromatic rings. The molecule has 0 saturated carbocycles. The molecule has 0 fully saturated rings. The van der Waals surface area contributed by atoms with Crippen molar-refractivity contribution in [1.82, 2.24) is 15.0 Å². The Morgan fingerprint density at radius 1 is 1.16 bits per heavy atom. The maximum Gasteiger partial charge on any atom is 0.221 e. The summed E-state index contributed by atoms with van der Waals surface area (Å²) in [4.78, 5) is 17.2. The van der Waals surface area contributed by atoms with Gasteiger partial charge in [-0.2, -0.15) is 10.4 Å². The molecule has 32 heavy (non-hydrogen) atoms. The largest absolute Gasteiger partial charge is 0.368 e. The Morgan fingerprint density at radius 3 is 2.59 bits per heavy atom. The van der Waals surface area contributed by atoms with Gasteiger partial charge in [0.2, 0.25) is 5.95 Å². The molecule has 8 nitrogen and oxygen atoms in total. The Kier molecular flexibility index (Phi) is 6.54. The van der Waals surface area contributed by atoms with Crippen LogP contribution < -0.4 is 11.6 Å².